The van der Waals surface area contributed by atoms with Gasteiger partial charge in [0.1, 0.15) is 11.8 Å². The van der Waals surface area contributed by atoms with Gasteiger partial charge in [-0.25, -0.2) is 0 Å². The standard InChI is InChI=1S/C25H35N3O4S/c1-3-32-22-7-5-4-6-20(22)8-9-23(30)27-14-11-25(12-15-27)13-16-28(18-25)24(31)21(26-19-29)10-17-33-2/h4-9,19,21H,3,10-18H2,1-2H3,(H,26,29). The second-order valence-electron chi connectivity index (χ2n) is 8.76. The lowest BCUT2D eigenvalue weighted by molar-refractivity contribution is -0.135. The highest BCUT2D eigenvalue weighted by Gasteiger charge is 2.43. The highest BCUT2D eigenvalue weighted by Crippen LogP contribution is 2.40. The summed E-state index contributed by atoms with van der Waals surface area (Å²) in [4.78, 5) is 40.5. The number of rotatable bonds is 10. The number of para-hydroxylation sites is 1. The summed E-state index contributed by atoms with van der Waals surface area (Å²) in [6.07, 6.45) is 9.45. The van der Waals surface area contributed by atoms with Crippen LogP contribution in [0.4, 0.5) is 0 Å². The van der Waals surface area contributed by atoms with Crippen molar-refractivity contribution in [3.05, 3.63) is 35.9 Å². The van der Waals surface area contributed by atoms with E-state index in [2.05, 4.69) is 5.32 Å². The average molecular weight is 474 g/mol. The summed E-state index contributed by atoms with van der Waals surface area (Å²) in [6.45, 7) is 5.34. The number of hydrogen-bond donors (Lipinski definition) is 1. The molecule has 1 unspecified atom stereocenters. The Kier molecular flexibility index (Phi) is 9.23. The topological polar surface area (TPSA) is 79.0 Å². The molecule has 7 nitrogen and oxygen atoms in total. The Bertz CT molecular complexity index is 852. The summed E-state index contributed by atoms with van der Waals surface area (Å²) in [5, 5.41) is 2.69. The average Bonchev–Trinajstić information content (AvgIpc) is 3.24. The molecule has 1 aromatic rings. The Hall–Kier alpha value is -2.48. The summed E-state index contributed by atoms with van der Waals surface area (Å²) in [7, 11) is 0. The van der Waals surface area contributed by atoms with Crippen LogP contribution < -0.4 is 10.1 Å². The van der Waals surface area contributed by atoms with Crippen molar-refractivity contribution in [1.29, 1.82) is 0 Å². The second-order valence-corrected chi connectivity index (χ2v) is 9.74. The van der Waals surface area contributed by atoms with E-state index < -0.39 is 6.04 Å². The first-order valence-electron chi connectivity index (χ1n) is 11.7. The molecule has 0 radical (unpaired) electrons. The van der Waals surface area contributed by atoms with Gasteiger partial charge < -0.3 is 19.9 Å². The molecule has 2 saturated heterocycles. The van der Waals surface area contributed by atoms with Crippen LogP contribution >= 0.6 is 11.8 Å². The Morgan fingerprint density at radius 3 is 2.55 bits per heavy atom. The van der Waals surface area contributed by atoms with Crippen LogP contribution in [0.3, 0.4) is 0 Å². The third-order valence-electron chi connectivity index (χ3n) is 6.69. The minimum atomic E-state index is -0.448. The first kappa shape index (κ1) is 25.1. The maximum Gasteiger partial charge on any atom is 0.246 e. The van der Waals surface area contributed by atoms with E-state index in [-0.39, 0.29) is 17.2 Å². The summed E-state index contributed by atoms with van der Waals surface area (Å²) in [5.41, 5.74) is 0.967. The van der Waals surface area contributed by atoms with Gasteiger partial charge in [0.25, 0.3) is 0 Å². The van der Waals surface area contributed by atoms with E-state index in [0.717, 1.165) is 42.9 Å². The molecule has 0 saturated carbocycles. The number of piperidine rings is 1. The van der Waals surface area contributed by atoms with Gasteiger partial charge in [-0.1, -0.05) is 18.2 Å². The van der Waals surface area contributed by atoms with Gasteiger partial charge in [-0.2, -0.15) is 11.8 Å². The fourth-order valence-electron chi connectivity index (χ4n) is 4.72. The lowest BCUT2D eigenvalue weighted by atomic mass is 9.77. The van der Waals surface area contributed by atoms with Gasteiger partial charge in [-0.05, 0) is 62.2 Å². The summed E-state index contributed by atoms with van der Waals surface area (Å²) >= 11 is 1.67. The van der Waals surface area contributed by atoms with E-state index in [9.17, 15) is 14.4 Å². The van der Waals surface area contributed by atoms with Crippen molar-refractivity contribution in [2.45, 2.75) is 38.6 Å². The van der Waals surface area contributed by atoms with Gasteiger partial charge in [0.2, 0.25) is 18.2 Å². The number of ether oxygens (including phenoxy) is 1. The first-order chi connectivity index (χ1) is 16.0. The molecule has 2 heterocycles. The molecule has 1 atom stereocenters. The highest BCUT2D eigenvalue weighted by molar-refractivity contribution is 7.98. The molecule has 0 aliphatic carbocycles. The number of nitrogens with zero attached hydrogens (tertiary/aromatic N) is 2. The smallest absolute Gasteiger partial charge is 0.246 e. The van der Waals surface area contributed by atoms with Crippen molar-refractivity contribution in [2.24, 2.45) is 5.41 Å². The van der Waals surface area contributed by atoms with Gasteiger partial charge in [0.15, 0.2) is 0 Å². The monoisotopic (exact) mass is 473 g/mol. The molecule has 1 N–H and O–H groups in total. The minimum Gasteiger partial charge on any atom is -0.493 e. The van der Waals surface area contributed by atoms with Crippen LogP contribution in [0.25, 0.3) is 6.08 Å². The predicted molar refractivity (Wildman–Crippen MR) is 132 cm³/mol. The van der Waals surface area contributed by atoms with Crippen molar-refractivity contribution in [2.75, 3.05) is 44.8 Å². The molecule has 0 aromatic heterocycles. The van der Waals surface area contributed by atoms with Gasteiger partial charge in [0.05, 0.1) is 6.61 Å². The molecule has 2 aliphatic rings. The van der Waals surface area contributed by atoms with Crippen molar-refractivity contribution in [1.82, 2.24) is 15.1 Å². The Balaban J connectivity index is 1.53. The van der Waals surface area contributed by atoms with Gasteiger partial charge in [-0.3, -0.25) is 14.4 Å². The van der Waals surface area contributed by atoms with Crippen LogP contribution in [0.2, 0.25) is 0 Å². The normalized spacial score (nSPS) is 18.5. The lowest BCUT2D eigenvalue weighted by Gasteiger charge is -2.39. The zero-order chi connectivity index (χ0) is 23.7. The molecule has 3 amide bonds. The van der Waals surface area contributed by atoms with E-state index in [0.29, 0.717) is 39.1 Å². The zero-order valence-corrected chi connectivity index (χ0v) is 20.4. The maximum atomic E-state index is 12.9. The zero-order valence-electron chi connectivity index (χ0n) is 19.6. The van der Waals surface area contributed by atoms with Crippen LogP contribution in [-0.2, 0) is 14.4 Å². The number of carbonyl (C=O) groups excluding carboxylic acids is 3. The van der Waals surface area contributed by atoms with Crippen LogP contribution in [0.15, 0.2) is 30.3 Å². The van der Waals surface area contributed by atoms with Crippen LogP contribution in [0.5, 0.6) is 5.75 Å². The predicted octanol–water partition coefficient (Wildman–Crippen LogP) is 2.81. The van der Waals surface area contributed by atoms with Gasteiger partial charge >= 0.3 is 0 Å². The molecular weight excluding hydrogens is 438 g/mol. The van der Waals surface area contributed by atoms with Crippen LogP contribution in [0, 0.1) is 5.41 Å². The maximum absolute atomic E-state index is 12.9. The van der Waals surface area contributed by atoms with Crippen LogP contribution in [0.1, 0.15) is 38.2 Å². The Morgan fingerprint density at radius 1 is 1.18 bits per heavy atom. The number of likely N-dealkylation sites (tertiary alicyclic amines) is 2. The molecule has 3 rings (SSSR count). The number of nitrogens with one attached hydrogen (secondary N) is 1. The molecular formula is C25H35N3O4S. The Morgan fingerprint density at radius 2 is 1.88 bits per heavy atom. The SMILES string of the molecule is CCOc1ccccc1C=CC(=O)N1CCC2(CC1)CCN(C(=O)C(CCSC)NC=O)C2. The van der Waals surface area contributed by atoms with Crippen molar-refractivity contribution in [3.8, 4) is 5.75 Å². The number of hydrogen-bond acceptors (Lipinski definition) is 5. The molecule has 0 bridgehead atoms. The highest BCUT2D eigenvalue weighted by atomic mass is 32.2. The molecule has 1 aromatic carbocycles. The van der Waals surface area contributed by atoms with Crippen LogP contribution in [-0.4, -0.2) is 78.9 Å². The molecule has 2 fully saturated rings. The number of amides is 3. The van der Waals surface area contributed by atoms with Crippen molar-refractivity contribution < 1.29 is 19.1 Å². The fourth-order valence-corrected chi connectivity index (χ4v) is 5.19. The number of benzene rings is 1. The molecule has 180 valence electrons. The molecule has 1 spiro atoms. The third kappa shape index (κ3) is 6.53. The summed E-state index contributed by atoms with van der Waals surface area (Å²) < 4.78 is 5.63. The number of carbonyl (C=O) groups is 3. The lowest BCUT2D eigenvalue weighted by Crippen LogP contribution is -2.48. The van der Waals surface area contributed by atoms with E-state index in [1.54, 1.807) is 17.8 Å². The third-order valence-corrected chi connectivity index (χ3v) is 7.33. The Labute approximate surface area is 200 Å². The van der Waals surface area contributed by atoms with E-state index in [1.165, 1.54) is 0 Å². The quantitative estimate of drug-likeness (QED) is 0.418. The fraction of sp³-hybridized carbons (Fsp3) is 0.560. The molecule has 33 heavy (non-hydrogen) atoms. The number of thioether (sulfide) groups is 1. The summed E-state index contributed by atoms with van der Waals surface area (Å²) in [6, 6.07) is 7.25. The van der Waals surface area contributed by atoms with E-state index in [4.69, 9.17) is 4.74 Å². The van der Waals surface area contributed by atoms with E-state index >= 15 is 0 Å². The van der Waals surface area contributed by atoms with Gasteiger partial charge in [0, 0.05) is 37.8 Å². The minimum absolute atomic E-state index is 0.00870. The van der Waals surface area contributed by atoms with Crippen molar-refractivity contribution in [3.63, 3.8) is 0 Å². The van der Waals surface area contributed by atoms with E-state index in [1.807, 2.05) is 53.3 Å². The molecule has 8 heteroatoms. The largest absolute Gasteiger partial charge is 0.493 e. The van der Waals surface area contributed by atoms with Crippen molar-refractivity contribution >= 4 is 36.1 Å². The first-order valence-corrected chi connectivity index (χ1v) is 13.1. The van der Waals surface area contributed by atoms with Gasteiger partial charge in [-0.15, -0.1) is 0 Å². The second kappa shape index (κ2) is 12.1. The summed E-state index contributed by atoms with van der Waals surface area (Å²) in [5.74, 6) is 1.63. The molecule has 2 aliphatic heterocycles.